The molecule has 5 nitrogen and oxygen atoms in total. The molecule has 2 aromatic rings. The lowest BCUT2D eigenvalue weighted by atomic mass is 10.0. The van der Waals surface area contributed by atoms with Gasteiger partial charge in [0, 0.05) is 43.2 Å². The standard InChI is InChI=1S/C17H24N3O2P/c1-12(2)13-5-6-14-15(11-18-20(4)17(14)21)16(13)23(22)9-7-19(3)8-10-23/h5-6,11-12H,7-10H2,1-4H3. The van der Waals surface area contributed by atoms with Crippen LogP contribution in [0.15, 0.2) is 23.1 Å². The highest BCUT2D eigenvalue weighted by Crippen LogP contribution is 2.49. The van der Waals surface area contributed by atoms with E-state index < -0.39 is 7.14 Å². The number of rotatable bonds is 2. The van der Waals surface area contributed by atoms with E-state index in [0.717, 1.165) is 29.3 Å². The highest BCUT2D eigenvalue weighted by molar-refractivity contribution is 7.72. The third-order valence-electron chi connectivity index (χ3n) is 4.85. The number of fused-ring (bicyclic) bond motifs is 1. The summed E-state index contributed by atoms with van der Waals surface area (Å²) >= 11 is 0. The van der Waals surface area contributed by atoms with Gasteiger partial charge in [-0.15, -0.1) is 0 Å². The highest BCUT2D eigenvalue weighted by Gasteiger charge is 2.33. The van der Waals surface area contributed by atoms with E-state index in [1.807, 2.05) is 12.1 Å². The van der Waals surface area contributed by atoms with Gasteiger partial charge in [0.05, 0.1) is 11.6 Å². The summed E-state index contributed by atoms with van der Waals surface area (Å²) in [6.07, 6.45) is 3.07. The second-order valence-electron chi connectivity index (χ2n) is 6.83. The molecule has 6 heteroatoms. The third kappa shape index (κ3) is 2.77. The molecular weight excluding hydrogens is 309 g/mol. The van der Waals surface area contributed by atoms with Crippen molar-refractivity contribution < 1.29 is 4.57 Å². The number of aryl methyl sites for hydroxylation is 1. The summed E-state index contributed by atoms with van der Waals surface area (Å²) in [6.45, 7) is 5.90. The maximum Gasteiger partial charge on any atom is 0.274 e. The van der Waals surface area contributed by atoms with Crippen LogP contribution in [0.25, 0.3) is 10.8 Å². The first kappa shape index (κ1) is 16.4. The van der Waals surface area contributed by atoms with Gasteiger partial charge in [-0.1, -0.05) is 19.9 Å². The predicted molar refractivity (Wildman–Crippen MR) is 95.5 cm³/mol. The largest absolute Gasteiger partial charge is 0.318 e. The van der Waals surface area contributed by atoms with Crippen molar-refractivity contribution in [2.75, 3.05) is 32.5 Å². The van der Waals surface area contributed by atoms with Gasteiger partial charge < -0.3 is 9.46 Å². The van der Waals surface area contributed by atoms with Crippen LogP contribution in [0.5, 0.6) is 0 Å². The first-order chi connectivity index (χ1) is 10.8. The molecule has 1 fully saturated rings. The van der Waals surface area contributed by atoms with Crippen molar-refractivity contribution in [1.82, 2.24) is 14.7 Å². The van der Waals surface area contributed by atoms with Gasteiger partial charge in [-0.2, -0.15) is 5.10 Å². The Bertz CT molecular complexity index is 845. The van der Waals surface area contributed by atoms with Gasteiger partial charge >= 0.3 is 0 Å². The summed E-state index contributed by atoms with van der Waals surface area (Å²) in [5.41, 5.74) is 0.972. The molecular formula is C17H24N3O2P. The predicted octanol–water partition coefficient (Wildman–Crippen LogP) is 1.99. The molecule has 1 aromatic heterocycles. The molecule has 0 bridgehead atoms. The van der Waals surface area contributed by atoms with Crippen molar-refractivity contribution in [3.8, 4) is 0 Å². The first-order valence-electron chi connectivity index (χ1n) is 8.09. The van der Waals surface area contributed by atoms with Crippen LogP contribution in [-0.4, -0.2) is 47.1 Å². The van der Waals surface area contributed by atoms with Crippen LogP contribution in [0, 0.1) is 0 Å². The van der Waals surface area contributed by atoms with E-state index in [-0.39, 0.29) is 11.5 Å². The molecule has 0 aliphatic carbocycles. The van der Waals surface area contributed by atoms with Crippen molar-refractivity contribution >= 4 is 23.2 Å². The molecule has 0 spiro atoms. The Morgan fingerprint density at radius 1 is 1.13 bits per heavy atom. The summed E-state index contributed by atoms with van der Waals surface area (Å²) in [5, 5.41) is 6.49. The molecule has 1 aromatic carbocycles. The van der Waals surface area contributed by atoms with Crippen molar-refractivity contribution in [3.05, 3.63) is 34.2 Å². The summed E-state index contributed by atoms with van der Waals surface area (Å²) in [7, 11) is 1.21. The Morgan fingerprint density at radius 2 is 1.78 bits per heavy atom. The molecule has 2 heterocycles. The molecule has 124 valence electrons. The lowest BCUT2D eigenvalue weighted by Gasteiger charge is -2.32. The summed E-state index contributed by atoms with van der Waals surface area (Å²) < 4.78 is 15.1. The van der Waals surface area contributed by atoms with E-state index in [9.17, 15) is 9.36 Å². The van der Waals surface area contributed by atoms with Crippen LogP contribution in [0.4, 0.5) is 0 Å². The van der Waals surface area contributed by atoms with Crippen LogP contribution in [0.2, 0.25) is 0 Å². The minimum atomic E-state index is -2.50. The second-order valence-corrected chi connectivity index (χ2v) is 9.95. The maximum atomic E-state index is 13.8. The van der Waals surface area contributed by atoms with Crippen molar-refractivity contribution in [1.29, 1.82) is 0 Å². The van der Waals surface area contributed by atoms with E-state index in [1.54, 1.807) is 13.2 Å². The quantitative estimate of drug-likeness (QED) is 0.789. The Kier molecular flexibility index (Phi) is 4.19. The Balaban J connectivity index is 2.32. The fraction of sp³-hybridized carbons (Fsp3) is 0.529. The molecule has 0 amide bonds. The highest BCUT2D eigenvalue weighted by atomic mass is 31.2. The molecule has 1 aliphatic rings. The van der Waals surface area contributed by atoms with Crippen molar-refractivity contribution in [2.45, 2.75) is 19.8 Å². The molecule has 0 atom stereocenters. The molecule has 1 aliphatic heterocycles. The molecule has 1 saturated heterocycles. The average Bonchev–Trinajstić information content (AvgIpc) is 2.53. The van der Waals surface area contributed by atoms with Gasteiger partial charge in [-0.05, 0) is 24.6 Å². The van der Waals surface area contributed by atoms with E-state index in [0.29, 0.717) is 17.7 Å². The molecule has 23 heavy (non-hydrogen) atoms. The number of hydrogen-bond acceptors (Lipinski definition) is 4. The Labute approximate surface area is 136 Å². The monoisotopic (exact) mass is 333 g/mol. The SMILES string of the molecule is CC(C)c1ccc2c(=O)n(C)ncc2c1P1(=O)CCN(C)CC1. The lowest BCUT2D eigenvalue weighted by molar-refractivity contribution is 0.361. The van der Waals surface area contributed by atoms with Crippen LogP contribution in [-0.2, 0) is 11.6 Å². The molecule has 0 saturated carbocycles. The fourth-order valence-electron chi connectivity index (χ4n) is 3.35. The third-order valence-corrected chi connectivity index (χ3v) is 8.01. The lowest BCUT2D eigenvalue weighted by Crippen LogP contribution is -2.35. The molecule has 0 radical (unpaired) electrons. The Morgan fingerprint density at radius 3 is 2.39 bits per heavy atom. The van der Waals surface area contributed by atoms with E-state index >= 15 is 0 Å². The zero-order chi connectivity index (χ0) is 16.8. The van der Waals surface area contributed by atoms with Crippen molar-refractivity contribution in [3.63, 3.8) is 0 Å². The van der Waals surface area contributed by atoms with Gasteiger partial charge in [0.1, 0.15) is 7.14 Å². The van der Waals surface area contributed by atoms with Gasteiger partial charge in [-0.25, -0.2) is 4.68 Å². The normalized spacial score (nSPS) is 18.7. The maximum absolute atomic E-state index is 13.8. The van der Waals surface area contributed by atoms with Crippen LogP contribution < -0.4 is 10.9 Å². The van der Waals surface area contributed by atoms with Crippen molar-refractivity contribution in [2.24, 2.45) is 7.05 Å². The number of benzene rings is 1. The summed E-state index contributed by atoms with van der Waals surface area (Å²) in [5.74, 6) is 0.268. The minimum Gasteiger partial charge on any atom is -0.318 e. The Hall–Kier alpha value is -1.45. The second kappa shape index (κ2) is 5.88. The summed E-state index contributed by atoms with van der Waals surface area (Å²) in [6, 6.07) is 3.85. The number of aromatic nitrogens is 2. The zero-order valence-electron chi connectivity index (χ0n) is 14.2. The molecule has 0 unspecified atom stereocenters. The van der Waals surface area contributed by atoms with E-state index in [4.69, 9.17) is 0 Å². The zero-order valence-corrected chi connectivity index (χ0v) is 15.1. The van der Waals surface area contributed by atoms with E-state index in [1.165, 1.54) is 4.68 Å². The van der Waals surface area contributed by atoms with Crippen LogP contribution in [0.1, 0.15) is 25.3 Å². The molecule has 3 rings (SSSR count). The van der Waals surface area contributed by atoms with Crippen LogP contribution >= 0.6 is 7.14 Å². The minimum absolute atomic E-state index is 0.125. The average molecular weight is 333 g/mol. The van der Waals surface area contributed by atoms with Gasteiger partial charge in [0.2, 0.25) is 0 Å². The number of hydrogen-bond donors (Lipinski definition) is 0. The van der Waals surface area contributed by atoms with Gasteiger partial charge in [0.15, 0.2) is 0 Å². The van der Waals surface area contributed by atoms with E-state index in [2.05, 4.69) is 30.9 Å². The number of nitrogens with zero attached hydrogens (tertiary/aromatic N) is 3. The van der Waals surface area contributed by atoms with Gasteiger partial charge in [-0.3, -0.25) is 4.79 Å². The smallest absolute Gasteiger partial charge is 0.274 e. The topological polar surface area (TPSA) is 55.2 Å². The first-order valence-corrected chi connectivity index (χ1v) is 10.2. The van der Waals surface area contributed by atoms with Crippen LogP contribution in [0.3, 0.4) is 0 Å². The summed E-state index contributed by atoms with van der Waals surface area (Å²) in [4.78, 5) is 14.6. The fourth-order valence-corrected chi connectivity index (χ4v) is 6.77. The molecule has 0 N–H and O–H groups in total. The van der Waals surface area contributed by atoms with Gasteiger partial charge in [0.25, 0.3) is 5.56 Å².